The van der Waals surface area contributed by atoms with Crippen LogP contribution in [0.2, 0.25) is 0 Å². The second-order valence-corrected chi connectivity index (χ2v) is 11.8. The van der Waals surface area contributed by atoms with Crippen molar-refractivity contribution >= 4 is 23.9 Å². The molecule has 1 N–H and O–H groups in total. The average molecular weight is 595 g/mol. The highest BCUT2D eigenvalue weighted by atomic mass is 16.6. The van der Waals surface area contributed by atoms with Crippen molar-refractivity contribution in [3.8, 4) is 17.0 Å². The van der Waals surface area contributed by atoms with Crippen LogP contribution < -0.4 is 10.1 Å². The molecule has 1 aromatic carbocycles. The van der Waals surface area contributed by atoms with Crippen LogP contribution in [0, 0.1) is 0 Å². The first-order chi connectivity index (χ1) is 20.5. The normalized spacial score (nSPS) is 15.8. The molecular weight excluding hydrogens is 552 g/mol. The molecule has 0 radical (unpaired) electrons. The van der Waals surface area contributed by atoms with E-state index in [-0.39, 0.29) is 50.1 Å². The van der Waals surface area contributed by atoms with E-state index in [0.717, 1.165) is 24.0 Å². The van der Waals surface area contributed by atoms with Gasteiger partial charge >= 0.3 is 12.1 Å². The molecule has 1 aromatic heterocycles. The van der Waals surface area contributed by atoms with Crippen LogP contribution in [0.15, 0.2) is 36.4 Å². The molecule has 3 amide bonds. The molecule has 1 saturated heterocycles. The number of carbonyl (C=O) groups excluding carboxylic acids is 4. The lowest BCUT2D eigenvalue weighted by atomic mass is 10.0. The van der Waals surface area contributed by atoms with E-state index < -0.39 is 29.6 Å². The number of nitrogens with zero attached hydrogens (tertiary/aromatic N) is 3. The molecule has 2 aliphatic rings. The molecule has 1 saturated carbocycles. The molecule has 1 aliphatic carbocycles. The van der Waals surface area contributed by atoms with Crippen LogP contribution in [0.25, 0.3) is 11.3 Å². The lowest BCUT2D eigenvalue weighted by Crippen LogP contribution is -2.56. The van der Waals surface area contributed by atoms with Gasteiger partial charge in [0.25, 0.3) is 5.91 Å². The Morgan fingerprint density at radius 2 is 1.67 bits per heavy atom. The van der Waals surface area contributed by atoms with E-state index in [1.54, 1.807) is 37.5 Å². The summed E-state index contributed by atoms with van der Waals surface area (Å²) >= 11 is 0. The number of amides is 3. The average Bonchev–Trinajstić information content (AvgIpc) is 3.83. The van der Waals surface area contributed by atoms with Crippen LogP contribution in [0.1, 0.15) is 75.3 Å². The molecule has 11 nitrogen and oxygen atoms in total. The Hall–Kier alpha value is -4.15. The molecule has 0 unspecified atom stereocenters. The Bertz CT molecular complexity index is 1310. The van der Waals surface area contributed by atoms with Crippen LogP contribution in [0.3, 0.4) is 0 Å². The number of benzene rings is 1. The Balaban J connectivity index is 1.58. The van der Waals surface area contributed by atoms with Crippen molar-refractivity contribution in [2.45, 2.75) is 70.9 Å². The number of pyridine rings is 1. The number of piperazine rings is 1. The molecule has 2 aromatic rings. The van der Waals surface area contributed by atoms with E-state index in [4.69, 9.17) is 14.2 Å². The Morgan fingerprint density at radius 3 is 2.26 bits per heavy atom. The van der Waals surface area contributed by atoms with E-state index in [1.165, 1.54) is 7.11 Å². The minimum absolute atomic E-state index is 0.0355. The zero-order chi connectivity index (χ0) is 31.1. The fraction of sp³-hybridized carbons (Fsp3) is 0.531. The third-order valence-electron chi connectivity index (χ3n) is 7.29. The number of methoxy groups -OCH3 is 1. The zero-order valence-corrected chi connectivity index (χ0v) is 25.7. The molecule has 1 aliphatic heterocycles. The highest BCUT2D eigenvalue weighted by Crippen LogP contribution is 2.46. The highest BCUT2D eigenvalue weighted by Gasteiger charge is 2.35. The maximum atomic E-state index is 13.9. The van der Waals surface area contributed by atoms with Gasteiger partial charge in [-0.25, -0.2) is 9.78 Å². The Labute approximate surface area is 252 Å². The Morgan fingerprint density at radius 1 is 1.02 bits per heavy atom. The first kappa shape index (κ1) is 31.8. The molecule has 2 fully saturated rings. The molecule has 0 bridgehead atoms. The van der Waals surface area contributed by atoms with E-state index in [9.17, 15) is 19.2 Å². The lowest BCUT2D eigenvalue weighted by Gasteiger charge is -2.36. The monoisotopic (exact) mass is 594 g/mol. The summed E-state index contributed by atoms with van der Waals surface area (Å²) < 4.78 is 16.2. The van der Waals surface area contributed by atoms with Gasteiger partial charge < -0.3 is 29.3 Å². The minimum Gasteiger partial charge on any atom is -0.494 e. The highest BCUT2D eigenvalue weighted by molar-refractivity contribution is 5.99. The SMILES string of the molecule is CCOC(=O)N1CCN(C(=O)[C@H](CCC(=O)OC(C)(C)C)NC(=O)c2nc(-c3ccccc3)cc(C3CC3)c2OC)CC1. The van der Waals surface area contributed by atoms with Crippen molar-refractivity contribution in [2.75, 3.05) is 39.9 Å². The van der Waals surface area contributed by atoms with Gasteiger partial charge in [-0.15, -0.1) is 0 Å². The zero-order valence-electron chi connectivity index (χ0n) is 25.7. The number of ether oxygens (including phenoxy) is 3. The summed E-state index contributed by atoms with van der Waals surface area (Å²) in [6.07, 6.45) is 1.52. The topological polar surface area (TPSA) is 127 Å². The van der Waals surface area contributed by atoms with E-state index >= 15 is 0 Å². The first-order valence-corrected chi connectivity index (χ1v) is 14.9. The van der Waals surface area contributed by atoms with Gasteiger partial charge in [0.2, 0.25) is 5.91 Å². The van der Waals surface area contributed by atoms with Gasteiger partial charge in [0, 0.05) is 43.7 Å². The smallest absolute Gasteiger partial charge is 0.409 e. The van der Waals surface area contributed by atoms with Gasteiger partial charge in [0.15, 0.2) is 11.4 Å². The van der Waals surface area contributed by atoms with E-state index in [0.29, 0.717) is 24.5 Å². The molecule has 0 spiro atoms. The molecule has 11 heteroatoms. The standard InChI is InChI=1S/C32H42N4O7/c1-6-42-31(40)36-18-16-35(17-19-36)30(39)24(14-15-26(37)43-32(2,3)4)34-29(38)27-28(41-5)23(21-12-13-21)20-25(33-27)22-10-8-7-9-11-22/h7-11,20-21,24H,6,12-19H2,1-5H3,(H,34,38)/t24-/m0/s1. The third-order valence-corrected chi connectivity index (χ3v) is 7.29. The summed E-state index contributed by atoms with van der Waals surface area (Å²) in [5, 5.41) is 2.86. The van der Waals surface area contributed by atoms with E-state index in [2.05, 4.69) is 10.3 Å². The van der Waals surface area contributed by atoms with Crippen molar-refractivity contribution in [2.24, 2.45) is 0 Å². The van der Waals surface area contributed by atoms with Crippen LogP contribution in [0.4, 0.5) is 4.79 Å². The molecule has 4 rings (SSSR count). The van der Waals surface area contributed by atoms with Crippen molar-refractivity contribution in [3.63, 3.8) is 0 Å². The van der Waals surface area contributed by atoms with Gasteiger partial charge in [0.1, 0.15) is 11.6 Å². The van der Waals surface area contributed by atoms with Crippen LogP contribution in [-0.2, 0) is 19.1 Å². The number of hydrogen-bond donors (Lipinski definition) is 1. The van der Waals surface area contributed by atoms with E-state index in [1.807, 2.05) is 36.4 Å². The summed E-state index contributed by atoms with van der Waals surface area (Å²) in [7, 11) is 1.51. The van der Waals surface area contributed by atoms with Crippen LogP contribution in [-0.4, -0.2) is 90.2 Å². The number of nitrogens with one attached hydrogen (secondary N) is 1. The number of rotatable bonds is 10. The van der Waals surface area contributed by atoms with Gasteiger partial charge in [-0.3, -0.25) is 14.4 Å². The molecule has 1 atom stereocenters. The molecule has 2 heterocycles. The van der Waals surface area contributed by atoms with Crippen molar-refractivity contribution < 1.29 is 33.4 Å². The van der Waals surface area contributed by atoms with Gasteiger partial charge in [0.05, 0.1) is 19.4 Å². The fourth-order valence-corrected chi connectivity index (χ4v) is 5.06. The van der Waals surface area contributed by atoms with Gasteiger partial charge in [-0.1, -0.05) is 30.3 Å². The van der Waals surface area contributed by atoms with Crippen LogP contribution in [0.5, 0.6) is 5.75 Å². The lowest BCUT2D eigenvalue weighted by molar-refractivity contribution is -0.155. The quantitative estimate of drug-likeness (QED) is 0.407. The summed E-state index contributed by atoms with van der Waals surface area (Å²) in [6.45, 7) is 8.47. The summed E-state index contributed by atoms with van der Waals surface area (Å²) in [4.78, 5) is 60.2. The Kier molecular flexibility index (Phi) is 10.3. The number of hydrogen-bond acceptors (Lipinski definition) is 8. The maximum Gasteiger partial charge on any atom is 0.409 e. The van der Waals surface area contributed by atoms with Gasteiger partial charge in [-0.05, 0) is 58.9 Å². The van der Waals surface area contributed by atoms with Crippen molar-refractivity contribution in [1.29, 1.82) is 0 Å². The number of aromatic nitrogens is 1. The predicted molar refractivity (Wildman–Crippen MR) is 160 cm³/mol. The fourth-order valence-electron chi connectivity index (χ4n) is 5.06. The van der Waals surface area contributed by atoms with Crippen molar-refractivity contribution in [3.05, 3.63) is 47.7 Å². The second kappa shape index (κ2) is 13.9. The number of carbonyl (C=O) groups is 4. The number of esters is 1. The summed E-state index contributed by atoms with van der Waals surface area (Å²) in [5.41, 5.74) is 1.82. The predicted octanol–water partition coefficient (Wildman–Crippen LogP) is 4.16. The third kappa shape index (κ3) is 8.46. The minimum atomic E-state index is -1.02. The van der Waals surface area contributed by atoms with Crippen molar-refractivity contribution in [1.82, 2.24) is 20.1 Å². The van der Waals surface area contributed by atoms with Gasteiger partial charge in [-0.2, -0.15) is 0 Å². The second-order valence-electron chi connectivity index (χ2n) is 11.8. The maximum absolute atomic E-state index is 13.9. The first-order valence-electron chi connectivity index (χ1n) is 14.9. The molecule has 232 valence electrons. The van der Waals surface area contributed by atoms with Crippen LogP contribution >= 0.6 is 0 Å². The molecular formula is C32H42N4O7. The summed E-state index contributed by atoms with van der Waals surface area (Å²) in [6, 6.07) is 10.5. The largest absolute Gasteiger partial charge is 0.494 e. The molecule has 43 heavy (non-hydrogen) atoms. The summed E-state index contributed by atoms with van der Waals surface area (Å²) in [5.74, 6) is -0.719.